The Morgan fingerprint density at radius 3 is 2.17 bits per heavy atom. The quantitative estimate of drug-likeness (QED) is 0.368. The Bertz CT molecular complexity index is 889. The van der Waals surface area contributed by atoms with Crippen LogP contribution in [0.4, 0.5) is 4.39 Å². The maximum atomic E-state index is 13.1. The molecule has 0 aliphatic heterocycles. The zero-order chi connectivity index (χ0) is 15.4. The summed E-state index contributed by atoms with van der Waals surface area (Å²) in [7, 11) is 0. The average Bonchev–Trinajstić information content (AvgIpc) is 3.23. The molecule has 1 heterocycles. The van der Waals surface area contributed by atoms with Gasteiger partial charge in [-0.05, 0) is 18.2 Å². The Hall–Kier alpha value is -2.42. The van der Waals surface area contributed by atoms with Crippen LogP contribution in [0, 0.1) is 5.82 Å². The van der Waals surface area contributed by atoms with Crippen LogP contribution in [0.5, 0.6) is 0 Å². The summed E-state index contributed by atoms with van der Waals surface area (Å²) in [4.78, 5) is 11.8. The van der Waals surface area contributed by atoms with Crippen molar-refractivity contribution in [3.05, 3.63) is 94.9 Å². The van der Waals surface area contributed by atoms with Gasteiger partial charge in [-0.3, -0.25) is 0 Å². The maximum Gasteiger partial charge on any atom is 0.153 e. The van der Waals surface area contributed by atoms with Gasteiger partial charge in [-0.2, -0.15) is 12.1 Å². The van der Waals surface area contributed by atoms with E-state index in [-0.39, 0.29) is 28.1 Å². The first kappa shape index (κ1) is 16.9. The first-order valence-electron chi connectivity index (χ1n) is 6.86. The van der Waals surface area contributed by atoms with Gasteiger partial charge in [0.05, 0.1) is 11.1 Å². The van der Waals surface area contributed by atoms with Crippen LogP contribution in [-0.2, 0) is 17.1 Å². The summed E-state index contributed by atoms with van der Waals surface area (Å²) in [5.74, 6) is 0.0402. The largest absolute Gasteiger partial charge is 0.748 e. The topological polar surface area (TPSA) is 30.2 Å². The van der Waals surface area contributed by atoms with Crippen LogP contribution in [-0.4, -0.2) is 0 Å². The van der Waals surface area contributed by atoms with E-state index in [1.54, 1.807) is 0 Å². The summed E-state index contributed by atoms with van der Waals surface area (Å²) in [6, 6.07) is 22.7. The summed E-state index contributed by atoms with van der Waals surface area (Å²) < 4.78 is 18.6. The molecular formula is C19H13FFeO2-6. The minimum absolute atomic E-state index is 0. The minimum atomic E-state index is -0.416. The molecule has 0 unspecified atom stereocenters. The fourth-order valence-electron chi connectivity index (χ4n) is 2.13. The predicted octanol–water partition coefficient (Wildman–Crippen LogP) is 4.72. The van der Waals surface area contributed by atoms with E-state index in [0.29, 0.717) is 11.1 Å². The van der Waals surface area contributed by atoms with Gasteiger partial charge in [0.15, 0.2) is 5.43 Å². The second-order valence-electron chi connectivity index (χ2n) is 4.75. The zero-order valence-corrected chi connectivity index (χ0v) is 13.2. The van der Waals surface area contributed by atoms with Gasteiger partial charge in [0, 0.05) is 23.1 Å². The van der Waals surface area contributed by atoms with Gasteiger partial charge in [-0.15, -0.1) is 12.1 Å². The second kappa shape index (κ2) is 7.72. The molecule has 4 aromatic rings. The van der Waals surface area contributed by atoms with Crippen molar-refractivity contribution < 1.29 is 25.9 Å². The molecule has 0 aliphatic carbocycles. The standard InChI is InChI=1S/C14H8FO2.C5H5.Fe/c15-10-5-6-11-12(16)8-13(17-14(11)7-10)9-3-1-2-4-9;1-2-4-5-3-1;/h1-8H;1-5H;/q-1;-5;. The van der Waals surface area contributed by atoms with E-state index in [0.717, 1.165) is 5.56 Å². The molecule has 4 heteroatoms. The third kappa shape index (κ3) is 4.07. The van der Waals surface area contributed by atoms with Gasteiger partial charge >= 0.3 is 0 Å². The second-order valence-corrected chi connectivity index (χ2v) is 4.75. The predicted molar refractivity (Wildman–Crippen MR) is 85.5 cm³/mol. The van der Waals surface area contributed by atoms with Crippen LogP contribution in [0.15, 0.2) is 88.1 Å². The molecule has 122 valence electrons. The van der Waals surface area contributed by atoms with Crippen molar-refractivity contribution >= 4 is 11.0 Å². The molecule has 0 saturated heterocycles. The molecular weight excluding hydrogens is 335 g/mol. The van der Waals surface area contributed by atoms with Crippen molar-refractivity contribution in [1.82, 2.24) is 0 Å². The van der Waals surface area contributed by atoms with E-state index < -0.39 is 5.82 Å². The fraction of sp³-hybridized carbons (Fsp3) is 0. The molecule has 0 aliphatic rings. The van der Waals surface area contributed by atoms with Crippen LogP contribution in [0.1, 0.15) is 0 Å². The normalized spacial score (nSPS) is 9.78. The van der Waals surface area contributed by atoms with Gasteiger partial charge in [-0.1, -0.05) is 5.56 Å². The number of hydrogen-bond acceptors (Lipinski definition) is 2. The Morgan fingerprint density at radius 1 is 0.957 bits per heavy atom. The summed E-state index contributed by atoms with van der Waals surface area (Å²) >= 11 is 0. The molecule has 0 fully saturated rings. The first-order chi connectivity index (χ1) is 10.7. The van der Waals surface area contributed by atoms with Crippen LogP contribution in [0.2, 0.25) is 0 Å². The summed E-state index contributed by atoms with van der Waals surface area (Å²) in [6.45, 7) is 0. The Morgan fingerprint density at radius 2 is 1.57 bits per heavy atom. The van der Waals surface area contributed by atoms with E-state index in [4.69, 9.17) is 4.42 Å². The van der Waals surface area contributed by atoms with Crippen molar-refractivity contribution in [2.24, 2.45) is 0 Å². The first-order valence-corrected chi connectivity index (χ1v) is 6.86. The number of benzene rings is 1. The Labute approximate surface area is 143 Å². The van der Waals surface area contributed by atoms with Gasteiger partial charge in [0.2, 0.25) is 0 Å². The molecule has 23 heavy (non-hydrogen) atoms. The number of halogens is 1. The SMILES string of the molecule is O=c1cc(-[c-]2cccc2)oc2cc(F)ccc12.[Fe].[cH-]1[cH-][cH-][cH-][cH-]1. The van der Waals surface area contributed by atoms with Gasteiger partial charge < -0.3 is 39.5 Å². The molecule has 3 aromatic carbocycles. The smallest absolute Gasteiger partial charge is 0.153 e. The van der Waals surface area contributed by atoms with E-state index in [2.05, 4.69) is 0 Å². The molecule has 0 amide bonds. The van der Waals surface area contributed by atoms with Crippen molar-refractivity contribution in [1.29, 1.82) is 0 Å². The molecule has 0 N–H and O–H groups in total. The molecule has 2 nitrogen and oxygen atoms in total. The van der Waals surface area contributed by atoms with Gasteiger partial charge in [-0.25, -0.2) is 4.39 Å². The van der Waals surface area contributed by atoms with Crippen LogP contribution in [0.3, 0.4) is 0 Å². The maximum absolute atomic E-state index is 13.1. The molecule has 0 radical (unpaired) electrons. The molecule has 1 aromatic heterocycles. The van der Waals surface area contributed by atoms with Crippen LogP contribution >= 0.6 is 0 Å². The third-order valence-corrected chi connectivity index (χ3v) is 3.19. The van der Waals surface area contributed by atoms with Crippen LogP contribution in [0.25, 0.3) is 22.3 Å². The van der Waals surface area contributed by atoms with E-state index in [1.165, 1.54) is 24.3 Å². The van der Waals surface area contributed by atoms with Crippen molar-refractivity contribution in [3.8, 4) is 11.3 Å². The van der Waals surface area contributed by atoms with Gasteiger partial charge in [0.25, 0.3) is 0 Å². The van der Waals surface area contributed by atoms with E-state index in [9.17, 15) is 9.18 Å². The summed E-state index contributed by atoms with van der Waals surface area (Å²) in [5.41, 5.74) is 0.921. The zero-order valence-electron chi connectivity index (χ0n) is 12.1. The third-order valence-electron chi connectivity index (χ3n) is 3.19. The minimum Gasteiger partial charge on any atom is -0.748 e. The van der Waals surface area contributed by atoms with Gasteiger partial charge in [0.1, 0.15) is 11.4 Å². The van der Waals surface area contributed by atoms with Crippen molar-refractivity contribution in [2.45, 2.75) is 0 Å². The average molecular weight is 348 g/mol. The molecule has 0 spiro atoms. The summed E-state index contributed by atoms with van der Waals surface area (Å²) in [5, 5.41) is 0.390. The Kier molecular flexibility index (Phi) is 5.69. The summed E-state index contributed by atoms with van der Waals surface area (Å²) in [6.07, 6.45) is 0. The van der Waals surface area contributed by atoms with Crippen molar-refractivity contribution in [3.63, 3.8) is 0 Å². The van der Waals surface area contributed by atoms with E-state index >= 15 is 0 Å². The van der Waals surface area contributed by atoms with Crippen molar-refractivity contribution in [2.75, 3.05) is 0 Å². The Balaban J connectivity index is 0.000000276. The fourth-order valence-corrected chi connectivity index (χ4v) is 2.13. The number of rotatable bonds is 1. The molecule has 4 rings (SSSR count). The number of hydrogen-bond donors (Lipinski definition) is 0. The molecule has 0 saturated carbocycles. The number of fused-ring (bicyclic) bond motifs is 1. The molecule has 0 bridgehead atoms. The monoisotopic (exact) mass is 348 g/mol. The van der Waals surface area contributed by atoms with E-state index in [1.807, 2.05) is 54.6 Å². The molecule has 0 atom stereocenters. The van der Waals surface area contributed by atoms with Crippen LogP contribution < -0.4 is 5.43 Å².